The first-order valence-electron chi connectivity index (χ1n) is 11.8. The third-order valence-electron chi connectivity index (χ3n) is 6.29. The largest absolute Gasteiger partial charge is 1.00 e. The molecule has 3 aliphatic rings. The van der Waals surface area contributed by atoms with Crippen molar-refractivity contribution in [2.45, 2.75) is 31.3 Å². The number of hydrogen-bond acceptors (Lipinski definition) is 10. The van der Waals surface area contributed by atoms with Gasteiger partial charge in [-0.2, -0.15) is 0 Å². The van der Waals surface area contributed by atoms with Crippen LogP contribution in [-0.2, 0) is 28.7 Å². The molecule has 1 aromatic carbocycles. The summed E-state index contributed by atoms with van der Waals surface area (Å²) in [7, 11) is 0. The van der Waals surface area contributed by atoms with E-state index in [0.717, 1.165) is 14.7 Å². The third-order valence-corrected chi connectivity index (χ3v) is 7.62. The second-order valence-corrected chi connectivity index (χ2v) is 9.92. The Bertz CT molecular complexity index is 1290. The van der Waals surface area contributed by atoms with Crippen molar-refractivity contribution in [2.75, 3.05) is 25.4 Å². The Balaban J connectivity index is 0.00000441. The number of imide groups is 2. The molecule has 3 heterocycles. The van der Waals surface area contributed by atoms with E-state index in [1.807, 2.05) is 0 Å². The maximum atomic E-state index is 13.4. The smallest absolute Gasteiger partial charge is 0.543 e. The van der Waals surface area contributed by atoms with Gasteiger partial charge in [0.25, 0.3) is 5.91 Å². The second-order valence-electron chi connectivity index (χ2n) is 8.81. The van der Waals surface area contributed by atoms with Crippen LogP contribution in [0.15, 0.2) is 41.6 Å². The van der Waals surface area contributed by atoms with Crippen molar-refractivity contribution in [3.63, 3.8) is 0 Å². The van der Waals surface area contributed by atoms with Gasteiger partial charge in [0, 0.05) is 31.7 Å². The molecule has 4 rings (SSSR count). The number of thioether (sulfide) groups is 1. The van der Waals surface area contributed by atoms with Crippen LogP contribution in [0.1, 0.15) is 25.5 Å². The minimum atomic E-state index is -1.62. The number of benzene rings is 1. The summed E-state index contributed by atoms with van der Waals surface area (Å²) >= 11 is 1.17. The number of carboxylic acids is 1. The fourth-order valence-corrected chi connectivity index (χ4v) is 5.70. The number of ether oxygens (including phenoxy) is 1. The summed E-state index contributed by atoms with van der Waals surface area (Å²) in [5, 5.41) is 16.1. The first-order chi connectivity index (χ1) is 18.5. The van der Waals surface area contributed by atoms with E-state index in [1.165, 1.54) is 25.6 Å². The number of nitrogens with one attached hydrogen (secondary N) is 2. The molecule has 206 valence electrons. The number of hydrogen-bond donors (Lipinski definition) is 2. The van der Waals surface area contributed by atoms with E-state index in [0.29, 0.717) is 5.56 Å². The van der Waals surface area contributed by atoms with E-state index < -0.39 is 64.9 Å². The average Bonchev–Trinajstić information content (AvgIpc) is 3.30. The van der Waals surface area contributed by atoms with E-state index in [2.05, 4.69) is 10.6 Å². The van der Waals surface area contributed by atoms with Crippen LogP contribution in [-0.4, -0.2) is 93.3 Å². The van der Waals surface area contributed by atoms with E-state index in [-0.39, 0.29) is 60.6 Å². The van der Waals surface area contributed by atoms with Crippen molar-refractivity contribution >= 4 is 53.5 Å². The topological polar surface area (TPSA) is 186 Å². The fourth-order valence-electron chi connectivity index (χ4n) is 4.37. The van der Waals surface area contributed by atoms with Crippen molar-refractivity contribution in [1.29, 1.82) is 0 Å². The molecule has 0 bridgehead atoms. The molecular formula is C24H24N5NaO9S. The van der Waals surface area contributed by atoms with Gasteiger partial charge in [0.2, 0.25) is 11.8 Å². The Morgan fingerprint density at radius 2 is 1.73 bits per heavy atom. The summed E-state index contributed by atoms with van der Waals surface area (Å²) in [5.74, 6) is -4.14. The number of fused-ring (bicyclic) bond motifs is 1. The number of amides is 7. The van der Waals surface area contributed by atoms with Gasteiger partial charge in [-0.1, -0.05) is 30.3 Å². The van der Waals surface area contributed by atoms with E-state index in [4.69, 9.17) is 4.74 Å². The fraction of sp³-hybridized carbons (Fsp3) is 0.375. The molecule has 40 heavy (non-hydrogen) atoms. The van der Waals surface area contributed by atoms with E-state index in [1.54, 1.807) is 30.3 Å². The van der Waals surface area contributed by atoms with Crippen LogP contribution in [0.3, 0.4) is 0 Å². The van der Waals surface area contributed by atoms with Gasteiger partial charge in [0.1, 0.15) is 24.1 Å². The summed E-state index contributed by atoms with van der Waals surface area (Å²) < 4.78 is 4.88. The molecule has 3 aliphatic heterocycles. The van der Waals surface area contributed by atoms with Crippen LogP contribution in [0.4, 0.5) is 9.59 Å². The van der Waals surface area contributed by atoms with Crippen LogP contribution >= 0.6 is 11.8 Å². The van der Waals surface area contributed by atoms with Gasteiger partial charge in [0.15, 0.2) is 0 Å². The predicted molar refractivity (Wildman–Crippen MR) is 131 cm³/mol. The standard InChI is InChI=1S/C24H25N5O9S.Na/c1-12(30)27-8-9-28(24(27)37)23(36)26-16(14-6-4-3-5-7-14)19(32)25-17-20(33)29-18(22(34)35)15(10-38-13(2)31)11-39-21(17)29;/h3-7,16-17,21H,8-11H2,1-2H3,(H,25,32)(H,26,36)(H,34,35);/q;+1/p-1/t16-,17?,21-;/m1./s1. The van der Waals surface area contributed by atoms with Gasteiger partial charge in [-0.25, -0.2) is 14.5 Å². The summed E-state index contributed by atoms with van der Waals surface area (Å²) in [6, 6.07) is 3.95. The van der Waals surface area contributed by atoms with Gasteiger partial charge in [-0.15, -0.1) is 11.8 Å². The predicted octanol–water partition coefficient (Wildman–Crippen LogP) is -4.31. The second kappa shape index (κ2) is 12.8. The number of aliphatic carboxylic acids is 1. The summed E-state index contributed by atoms with van der Waals surface area (Å²) in [5.41, 5.74) is 0.136. The van der Waals surface area contributed by atoms with E-state index >= 15 is 0 Å². The molecule has 0 aromatic heterocycles. The van der Waals surface area contributed by atoms with Crippen molar-refractivity contribution in [3.8, 4) is 0 Å². The number of rotatable bonds is 7. The SMILES string of the molecule is CC(=O)OCC1=C(C(=O)[O-])N2C(=O)C(NC(=O)[C@H](NC(=O)N3CCN(C(C)=O)C3=O)c3ccccc3)[C@H]2SC1.[Na+]. The third kappa shape index (κ3) is 6.16. The number of urea groups is 2. The van der Waals surface area contributed by atoms with Crippen LogP contribution in [0.2, 0.25) is 0 Å². The molecule has 14 nitrogen and oxygen atoms in total. The maximum absolute atomic E-state index is 13.4. The summed E-state index contributed by atoms with van der Waals surface area (Å²) in [4.78, 5) is 88.9. The molecule has 2 saturated heterocycles. The van der Waals surface area contributed by atoms with Crippen molar-refractivity contribution < 1.29 is 73.0 Å². The molecule has 0 radical (unpaired) electrons. The molecule has 0 saturated carbocycles. The number of esters is 1. The zero-order valence-corrected chi connectivity index (χ0v) is 24.7. The molecular weight excluding hydrogens is 557 g/mol. The van der Waals surface area contributed by atoms with Gasteiger partial charge in [-0.05, 0) is 5.56 Å². The molecule has 0 spiro atoms. The van der Waals surface area contributed by atoms with Crippen LogP contribution < -0.4 is 45.3 Å². The first-order valence-corrected chi connectivity index (χ1v) is 12.8. The Morgan fingerprint density at radius 1 is 1.07 bits per heavy atom. The van der Waals surface area contributed by atoms with Gasteiger partial charge < -0.3 is 25.3 Å². The quantitative estimate of drug-likeness (QED) is 0.181. The molecule has 0 aliphatic carbocycles. The van der Waals surface area contributed by atoms with Crippen molar-refractivity contribution in [2.24, 2.45) is 0 Å². The van der Waals surface area contributed by atoms with Gasteiger partial charge >= 0.3 is 47.6 Å². The van der Waals surface area contributed by atoms with Crippen LogP contribution in [0, 0.1) is 0 Å². The molecule has 16 heteroatoms. The number of carbonyl (C=O) groups excluding carboxylic acids is 7. The first kappa shape index (κ1) is 31.1. The number of carbonyl (C=O) groups is 7. The normalized spacial score (nSPS) is 20.6. The average molecular weight is 582 g/mol. The molecule has 2 fully saturated rings. The zero-order valence-electron chi connectivity index (χ0n) is 21.9. The zero-order chi connectivity index (χ0) is 28.4. The minimum absolute atomic E-state index is 0. The van der Waals surface area contributed by atoms with Gasteiger partial charge in [0.05, 0.1) is 18.2 Å². The summed E-state index contributed by atoms with van der Waals surface area (Å²) in [6.45, 7) is 2.00. The molecule has 1 aromatic rings. The molecule has 2 N–H and O–H groups in total. The van der Waals surface area contributed by atoms with Gasteiger partial charge in [-0.3, -0.25) is 29.0 Å². The minimum Gasteiger partial charge on any atom is -0.543 e. The molecule has 1 unspecified atom stereocenters. The Hall–Kier alpha value is -3.40. The van der Waals surface area contributed by atoms with Crippen molar-refractivity contribution in [1.82, 2.24) is 25.3 Å². The number of β-lactam (4-membered cyclic amide) rings is 1. The Labute approximate surface area is 254 Å². The number of nitrogens with zero attached hydrogens (tertiary/aromatic N) is 3. The van der Waals surface area contributed by atoms with Crippen molar-refractivity contribution in [3.05, 3.63) is 47.2 Å². The van der Waals surface area contributed by atoms with Crippen LogP contribution in [0.5, 0.6) is 0 Å². The maximum Gasteiger partial charge on any atom is 1.00 e. The monoisotopic (exact) mass is 581 g/mol. The summed E-state index contributed by atoms with van der Waals surface area (Å²) in [6.07, 6.45) is 0. The number of carboxylic acid groups (broad SMARTS) is 1. The Morgan fingerprint density at radius 3 is 2.30 bits per heavy atom. The van der Waals surface area contributed by atoms with Crippen LogP contribution in [0.25, 0.3) is 0 Å². The Kier molecular flexibility index (Phi) is 10.00. The van der Waals surface area contributed by atoms with E-state index in [9.17, 15) is 38.7 Å². The molecule has 7 amide bonds. The molecule has 3 atom stereocenters.